The molecule has 0 radical (unpaired) electrons. The van der Waals surface area contributed by atoms with Crippen molar-refractivity contribution in [2.24, 2.45) is 0 Å². The number of fused-ring (bicyclic) bond motifs is 1. The molecule has 1 N–H and O–H groups in total. The maximum atomic E-state index is 6.11. The molecular weight excluding hydrogens is 280 g/mol. The fraction of sp³-hybridized carbons (Fsp3) is 0.118. The van der Waals surface area contributed by atoms with Crippen LogP contribution in [-0.2, 0) is 0 Å². The smallest absolute Gasteiger partial charge is 0.143 e. The fourth-order valence-corrected chi connectivity index (χ4v) is 3.10. The van der Waals surface area contributed by atoms with E-state index in [1.165, 1.54) is 5.56 Å². The fourth-order valence-electron chi connectivity index (χ4n) is 2.54. The van der Waals surface area contributed by atoms with Gasteiger partial charge in [0.25, 0.3) is 0 Å². The van der Waals surface area contributed by atoms with E-state index in [1.54, 1.807) is 11.3 Å². The third-order valence-electron chi connectivity index (χ3n) is 3.63. The average molecular weight is 294 g/mol. The lowest BCUT2D eigenvalue weighted by Gasteiger charge is -2.28. The highest BCUT2D eigenvalue weighted by molar-refractivity contribution is 7.07. The lowest BCUT2D eigenvalue weighted by Crippen LogP contribution is -2.23. The molecule has 1 atom stereocenters. The zero-order chi connectivity index (χ0) is 14.1. The first kappa shape index (κ1) is 12.4. The minimum Gasteiger partial charge on any atom is -0.482 e. The molecular formula is C17H14N2OS. The van der Waals surface area contributed by atoms with E-state index < -0.39 is 0 Å². The van der Waals surface area contributed by atoms with Gasteiger partial charge in [-0.25, -0.2) is 4.98 Å². The first-order chi connectivity index (χ1) is 10.4. The molecule has 3 aromatic rings. The number of ether oxygens (including phenoxy) is 1. The number of hydrogen-bond donors (Lipinski definition) is 1. The number of benzene rings is 2. The summed E-state index contributed by atoms with van der Waals surface area (Å²) in [6.45, 7) is 0.775. The molecule has 0 saturated carbocycles. The van der Waals surface area contributed by atoms with E-state index >= 15 is 0 Å². The predicted molar refractivity (Wildman–Crippen MR) is 85.9 cm³/mol. The van der Waals surface area contributed by atoms with Crippen molar-refractivity contribution < 1.29 is 4.74 Å². The predicted octanol–water partition coefficient (Wildman–Crippen LogP) is 4.36. The number of anilines is 1. The van der Waals surface area contributed by atoms with Crippen molar-refractivity contribution in [2.75, 3.05) is 11.9 Å². The van der Waals surface area contributed by atoms with Crippen LogP contribution >= 0.6 is 11.3 Å². The molecule has 1 unspecified atom stereocenters. The Labute approximate surface area is 127 Å². The van der Waals surface area contributed by atoms with E-state index in [9.17, 15) is 0 Å². The Kier molecular flexibility index (Phi) is 3.09. The second-order valence-electron chi connectivity index (χ2n) is 4.98. The van der Waals surface area contributed by atoms with Gasteiger partial charge in [-0.3, -0.25) is 0 Å². The number of nitrogens with zero attached hydrogens (tertiary/aromatic N) is 1. The Morgan fingerprint density at radius 3 is 2.86 bits per heavy atom. The summed E-state index contributed by atoms with van der Waals surface area (Å²) in [5.74, 6) is 0.897. The summed E-state index contributed by atoms with van der Waals surface area (Å²) >= 11 is 1.61. The molecule has 0 amide bonds. The van der Waals surface area contributed by atoms with E-state index in [-0.39, 0.29) is 6.10 Å². The molecule has 4 heteroatoms. The van der Waals surface area contributed by atoms with Crippen molar-refractivity contribution in [2.45, 2.75) is 6.10 Å². The Balaban J connectivity index is 1.62. The summed E-state index contributed by atoms with van der Waals surface area (Å²) in [5.41, 5.74) is 6.20. The van der Waals surface area contributed by atoms with Crippen LogP contribution in [0.3, 0.4) is 0 Å². The SMILES string of the molecule is c1ccc(C2CNc3cc(-c4cscn4)ccc3O2)cc1. The van der Waals surface area contributed by atoms with Gasteiger partial charge in [0.15, 0.2) is 0 Å². The van der Waals surface area contributed by atoms with E-state index in [2.05, 4.69) is 39.9 Å². The minimum absolute atomic E-state index is 0.0591. The van der Waals surface area contributed by atoms with Gasteiger partial charge in [-0.2, -0.15) is 0 Å². The van der Waals surface area contributed by atoms with E-state index in [0.29, 0.717) is 0 Å². The van der Waals surface area contributed by atoms with Gasteiger partial charge in [0, 0.05) is 10.9 Å². The van der Waals surface area contributed by atoms with Crippen LogP contribution in [0.1, 0.15) is 11.7 Å². The molecule has 2 aromatic carbocycles. The molecule has 3 nitrogen and oxygen atoms in total. The number of nitrogens with one attached hydrogen (secondary N) is 1. The van der Waals surface area contributed by atoms with Gasteiger partial charge in [0.2, 0.25) is 0 Å². The topological polar surface area (TPSA) is 34.2 Å². The molecule has 0 fully saturated rings. The number of hydrogen-bond acceptors (Lipinski definition) is 4. The van der Waals surface area contributed by atoms with Crippen molar-refractivity contribution in [3.8, 4) is 17.0 Å². The van der Waals surface area contributed by atoms with Crippen LogP contribution in [0.25, 0.3) is 11.3 Å². The maximum absolute atomic E-state index is 6.11. The van der Waals surface area contributed by atoms with Crippen molar-refractivity contribution >= 4 is 17.0 Å². The van der Waals surface area contributed by atoms with Crippen LogP contribution in [0.4, 0.5) is 5.69 Å². The van der Waals surface area contributed by atoms with Gasteiger partial charge < -0.3 is 10.1 Å². The third-order valence-corrected chi connectivity index (χ3v) is 4.21. The zero-order valence-electron chi connectivity index (χ0n) is 11.3. The molecule has 1 aromatic heterocycles. The largest absolute Gasteiger partial charge is 0.482 e. The van der Waals surface area contributed by atoms with Gasteiger partial charge in [-0.15, -0.1) is 11.3 Å². The van der Waals surface area contributed by atoms with Crippen LogP contribution < -0.4 is 10.1 Å². The molecule has 1 aliphatic heterocycles. The van der Waals surface area contributed by atoms with Crippen LogP contribution in [0.2, 0.25) is 0 Å². The monoisotopic (exact) mass is 294 g/mol. The second kappa shape index (κ2) is 5.22. The summed E-state index contributed by atoms with van der Waals surface area (Å²) in [6, 6.07) is 16.5. The molecule has 0 saturated heterocycles. The summed E-state index contributed by atoms with van der Waals surface area (Å²) in [5, 5.41) is 5.52. The average Bonchev–Trinajstić information content (AvgIpc) is 3.09. The Morgan fingerprint density at radius 2 is 2.05 bits per heavy atom. The quantitative estimate of drug-likeness (QED) is 0.762. The van der Waals surface area contributed by atoms with Crippen LogP contribution in [-0.4, -0.2) is 11.5 Å². The van der Waals surface area contributed by atoms with Gasteiger partial charge in [0.05, 0.1) is 23.4 Å². The van der Waals surface area contributed by atoms with Crippen molar-refractivity contribution in [1.29, 1.82) is 0 Å². The van der Waals surface area contributed by atoms with E-state index in [0.717, 1.165) is 29.2 Å². The van der Waals surface area contributed by atoms with Crippen LogP contribution in [0.15, 0.2) is 59.4 Å². The van der Waals surface area contributed by atoms with Gasteiger partial charge in [-0.05, 0) is 23.8 Å². The third kappa shape index (κ3) is 2.38. The van der Waals surface area contributed by atoms with Crippen LogP contribution in [0.5, 0.6) is 5.75 Å². The number of thiazole rings is 1. The minimum atomic E-state index is 0.0591. The molecule has 0 spiro atoms. The summed E-state index contributed by atoms with van der Waals surface area (Å²) < 4.78 is 6.11. The molecule has 0 bridgehead atoms. The maximum Gasteiger partial charge on any atom is 0.143 e. The Morgan fingerprint density at radius 1 is 1.14 bits per heavy atom. The van der Waals surface area contributed by atoms with Crippen molar-refractivity contribution in [1.82, 2.24) is 4.98 Å². The lowest BCUT2D eigenvalue weighted by molar-refractivity contribution is 0.210. The molecule has 2 heterocycles. The Bertz CT molecular complexity index is 741. The summed E-state index contributed by atoms with van der Waals surface area (Å²) in [4.78, 5) is 4.35. The van der Waals surface area contributed by atoms with Crippen molar-refractivity contribution in [3.63, 3.8) is 0 Å². The highest BCUT2D eigenvalue weighted by Gasteiger charge is 2.21. The zero-order valence-corrected chi connectivity index (χ0v) is 12.1. The Hall–Kier alpha value is -2.33. The molecule has 21 heavy (non-hydrogen) atoms. The van der Waals surface area contributed by atoms with Gasteiger partial charge >= 0.3 is 0 Å². The van der Waals surface area contributed by atoms with E-state index in [4.69, 9.17) is 4.74 Å². The summed E-state index contributed by atoms with van der Waals surface area (Å²) in [7, 11) is 0. The van der Waals surface area contributed by atoms with Gasteiger partial charge in [-0.1, -0.05) is 30.3 Å². The first-order valence-electron chi connectivity index (χ1n) is 6.88. The first-order valence-corrected chi connectivity index (χ1v) is 7.82. The summed E-state index contributed by atoms with van der Waals surface area (Å²) in [6.07, 6.45) is 0.0591. The molecule has 1 aliphatic rings. The lowest BCUT2D eigenvalue weighted by atomic mass is 10.1. The molecule has 4 rings (SSSR count). The number of aromatic nitrogens is 1. The number of rotatable bonds is 2. The van der Waals surface area contributed by atoms with E-state index in [1.807, 2.05) is 29.8 Å². The highest BCUT2D eigenvalue weighted by Crippen LogP contribution is 2.36. The van der Waals surface area contributed by atoms with Gasteiger partial charge in [0.1, 0.15) is 11.9 Å². The second-order valence-corrected chi connectivity index (χ2v) is 5.70. The molecule has 104 valence electrons. The standard InChI is InChI=1S/C17H14N2OS/c1-2-4-12(5-3-1)17-9-18-14-8-13(6-7-16(14)20-17)15-10-21-11-19-15/h1-8,10-11,17-18H,9H2. The molecule has 0 aliphatic carbocycles. The van der Waals surface area contributed by atoms with Crippen LogP contribution in [0, 0.1) is 0 Å². The highest BCUT2D eigenvalue weighted by atomic mass is 32.1. The normalized spacial score (nSPS) is 16.7. The van der Waals surface area contributed by atoms with Crippen molar-refractivity contribution in [3.05, 3.63) is 65.0 Å².